The third kappa shape index (κ3) is 16.4. The molecule has 30 nitrogen and oxygen atoms in total. The number of carbonyl (C=O) groups is 8. The van der Waals surface area contributed by atoms with E-state index in [1.54, 1.807) is 97.0 Å². The fraction of sp³-hybridized carbons (Fsp3) is 0.391. The second-order valence-electron chi connectivity index (χ2n) is 25.9. The Balaban J connectivity index is 0.000000203. The van der Waals surface area contributed by atoms with Crippen molar-refractivity contribution in [3.8, 4) is 44.8 Å². The van der Waals surface area contributed by atoms with Crippen molar-refractivity contribution in [2.24, 2.45) is 11.8 Å². The van der Waals surface area contributed by atoms with Gasteiger partial charge in [-0.05, 0) is 96.2 Å². The summed E-state index contributed by atoms with van der Waals surface area (Å²) in [5, 5.41) is 42.5. The number of cyclic esters (lactones) is 2. The van der Waals surface area contributed by atoms with Gasteiger partial charge in [-0.3, -0.25) is 33.9 Å². The Morgan fingerprint density at radius 2 is 1.04 bits per heavy atom. The number of likely N-dealkylation sites (N-methyl/N-ethyl adjacent to an activating group) is 1. The lowest BCUT2D eigenvalue weighted by molar-refractivity contribution is -0.138. The van der Waals surface area contributed by atoms with Crippen molar-refractivity contribution in [1.82, 2.24) is 80.6 Å². The molecule has 0 aliphatic carbocycles. The second kappa shape index (κ2) is 30.7. The number of imidazole rings is 2. The molecule has 12 rings (SSSR count). The van der Waals surface area contributed by atoms with E-state index in [4.69, 9.17) is 9.47 Å². The van der Waals surface area contributed by atoms with Gasteiger partial charge in [-0.2, -0.15) is 0 Å². The van der Waals surface area contributed by atoms with Crippen LogP contribution in [0.2, 0.25) is 0 Å². The molecule has 101 heavy (non-hydrogen) atoms. The van der Waals surface area contributed by atoms with Gasteiger partial charge < -0.3 is 55.4 Å². The monoisotopic (exact) mass is 1390 g/mol. The molecule has 0 bridgehead atoms. The first-order valence-electron chi connectivity index (χ1n) is 33.1. The standard InChI is InChI=1S/C35H40FN9O6.C34H38FN9O6/c1-20(2)31(42(4)34(48)49)33(47)44-13-5-6-30(44)32-38-16-29(39-32)23-9-7-22(8-10-23)27-12-11-25(14-28(27)36)45-19-26(51-35(45)50)18-43-17-24(40-41-43)15-37-21(3)46;1-19(2)30(39-33(47)48)32(46)43-12-4-5-29(43)31-37-15-28(38-31)22-8-6-21(7-9-22)26-11-10-24(13-27(26)35)44-18-25(50-34(44)49)17-42-16-23(40-41-42)14-36-20(3)45/h7-12,14,16-17,20,26,30-31H,5-6,13,15,18-19H2,1-4H3,(H,37,46)(H,38,39)(H,48,49);6-11,13,15-16,19,25,29-30,39H,4-5,12,14,17-18H2,1-3H3,(H,36,45)(H,37,38)(H,47,48)/t26-,30-,31-;25-,29-,30-/m00/s1. The van der Waals surface area contributed by atoms with E-state index >= 15 is 8.78 Å². The summed E-state index contributed by atoms with van der Waals surface area (Å²) in [6.45, 7) is 12.5. The zero-order chi connectivity index (χ0) is 71.9. The van der Waals surface area contributed by atoms with Gasteiger partial charge in [0.2, 0.25) is 23.6 Å². The van der Waals surface area contributed by atoms with Crippen molar-refractivity contribution in [2.75, 3.05) is 43.0 Å². The number of carboxylic acid groups (broad SMARTS) is 2. The van der Waals surface area contributed by atoms with Crippen LogP contribution in [0.1, 0.15) is 102 Å². The van der Waals surface area contributed by atoms with Crippen LogP contribution in [0.15, 0.2) is 110 Å². The van der Waals surface area contributed by atoms with E-state index in [0.717, 1.165) is 40.3 Å². The lowest BCUT2D eigenvalue weighted by Gasteiger charge is -2.33. The Hall–Kier alpha value is -11.6. The molecule has 4 saturated heterocycles. The fourth-order valence-corrected chi connectivity index (χ4v) is 12.9. The number of carbonyl (C=O) groups excluding carboxylic acids is 6. The summed E-state index contributed by atoms with van der Waals surface area (Å²) in [4.78, 5) is 120. The zero-order valence-corrected chi connectivity index (χ0v) is 56.5. The second-order valence-corrected chi connectivity index (χ2v) is 25.9. The van der Waals surface area contributed by atoms with Crippen LogP contribution in [-0.2, 0) is 54.8 Å². The highest BCUT2D eigenvalue weighted by Gasteiger charge is 2.41. The maximum atomic E-state index is 15.5. The molecule has 530 valence electrons. The lowest BCUT2D eigenvalue weighted by Crippen LogP contribution is -2.51. The van der Waals surface area contributed by atoms with E-state index in [0.29, 0.717) is 82.6 Å². The predicted molar refractivity (Wildman–Crippen MR) is 361 cm³/mol. The number of H-pyrrole nitrogens is 2. The van der Waals surface area contributed by atoms with Gasteiger partial charge in [0.15, 0.2) is 0 Å². The molecule has 7 N–H and O–H groups in total. The van der Waals surface area contributed by atoms with Gasteiger partial charge in [0.25, 0.3) is 0 Å². The first-order chi connectivity index (χ1) is 48.3. The molecule has 6 atom stereocenters. The van der Waals surface area contributed by atoms with Gasteiger partial charge in [0.05, 0.1) is 98.9 Å². The summed E-state index contributed by atoms with van der Waals surface area (Å²) in [6.07, 6.45) is 5.02. The minimum atomic E-state index is -1.24. The summed E-state index contributed by atoms with van der Waals surface area (Å²) >= 11 is 0. The number of nitrogens with one attached hydrogen (secondary N) is 5. The molecular weight excluding hydrogens is 1310 g/mol. The molecule has 0 spiro atoms. The average molecular weight is 1390 g/mol. The predicted octanol–water partition coefficient (Wildman–Crippen LogP) is 8.53. The largest absolute Gasteiger partial charge is 0.465 e. The number of benzene rings is 4. The third-order valence-electron chi connectivity index (χ3n) is 18.0. The van der Waals surface area contributed by atoms with Crippen LogP contribution in [0.3, 0.4) is 0 Å². The van der Waals surface area contributed by atoms with E-state index < -0.39 is 60.3 Å². The highest BCUT2D eigenvalue weighted by Crippen LogP contribution is 2.38. The Morgan fingerprint density at radius 1 is 0.614 bits per heavy atom. The Morgan fingerprint density at radius 3 is 1.43 bits per heavy atom. The normalized spacial score (nSPS) is 17.9. The van der Waals surface area contributed by atoms with Crippen molar-refractivity contribution in [3.63, 3.8) is 0 Å². The number of halogens is 2. The van der Waals surface area contributed by atoms with Crippen LogP contribution >= 0.6 is 0 Å². The third-order valence-corrected chi connectivity index (χ3v) is 18.0. The molecule has 32 heteroatoms. The number of aromatic nitrogens is 10. The van der Waals surface area contributed by atoms with E-state index in [1.807, 2.05) is 38.1 Å². The fourth-order valence-electron chi connectivity index (χ4n) is 12.9. The number of amides is 8. The quantitative estimate of drug-likeness (QED) is 0.0334. The lowest BCUT2D eigenvalue weighted by atomic mass is 10.0. The Kier molecular flexibility index (Phi) is 21.5. The number of hydrogen-bond acceptors (Lipinski definition) is 16. The summed E-state index contributed by atoms with van der Waals surface area (Å²) < 4.78 is 45.0. The smallest absolute Gasteiger partial charge is 0.414 e. The molecule has 4 aliphatic rings. The first kappa shape index (κ1) is 70.7. The van der Waals surface area contributed by atoms with E-state index in [2.05, 4.69) is 56.5 Å². The SMILES string of the molecule is CC(=O)NCc1cn(C[C@H]2CN(c3ccc(-c4ccc(-c5cnc([C@@H]6CCCN6C(=O)[C@@H](NC(=O)O)C(C)C)[nH]5)cc4)c(F)c3)C(=O)O2)nn1.CC(=O)NCc1cn(C[C@H]2CN(c3ccc(-c4ccc(-c5cnc([C@@H]6CCCN6C(=O)[C@H](C(C)C)N(C)C(=O)O)[nH]5)cc4)c(F)c3)C(=O)O2)nn1. The molecule has 0 radical (unpaired) electrons. The average Bonchev–Trinajstić information content (AvgIpc) is 1.72. The number of ether oxygens (including phenoxy) is 2. The molecule has 8 heterocycles. The summed E-state index contributed by atoms with van der Waals surface area (Å²) in [5.74, 6) is -1.07. The maximum absolute atomic E-state index is 15.5. The van der Waals surface area contributed by atoms with Crippen LogP contribution in [0, 0.1) is 23.5 Å². The molecule has 0 saturated carbocycles. The maximum Gasteiger partial charge on any atom is 0.414 e. The van der Waals surface area contributed by atoms with E-state index in [9.17, 15) is 48.6 Å². The van der Waals surface area contributed by atoms with Gasteiger partial charge in [-0.1, -0.05) is 86.7 Å². The molecule has 4 aromatic heterocycles. The zero-order valence-electron chi connectivity index (χ0n) is 56.5. The summed E-state index contributed by atoms with van der Waals surface area (Å²) in [5.41, 5.74) is 6.95. The van der Waals surface area contributed by atoms with E-state index in [-0.39, 0.29) is 86.8 Å². The number of likely N-dealkylation sites (tertiary alicyclic amines) is 2. The molecule has 8 aromatic rings. The highest BCUT2D eigenvalue weighted by molar-refractivity contribution is 5.92. The Labute approximate surface area is 578 Å². The number of aromatic amines is 2. The van der Waals surface area contributed by atoms with Crippen molar-refractivity contribution < 1.29 is 66.8 Å². The topological polar surface area (TPSA) is 367 Å². The van der Waals surface area contributed by atoms with Crippen LogP contribution in [0.5, 0.6) is 0 Å². The van der Waals surface area contributed by atoms with E-state index in [1.165, 1.54) is 52.2 Å². The van der Waals surface area contributed by atoms with Crippen molar-refractivity contribution in [3.05, 3.63) is 144 Å². The van der Waals surface area contributed by atoms with Crippen molar-refractivity contribution in [2.45, 2.75) is 130 Å². The summed E-state index contributed by atoms with van der Waals surface area (Å²) in [7, 11) is 1.42. The van der Waals surface area contributed by atoms with Crippen LogP contribution in [0.25, 0.3) is 44.8 Å². The first-order valence-corrected chi connectivity index (χ1v) is 33.1. The molecule has 8 amide bonds. The molecule has 0 unspecified atom stereocenters. The number of rotatable bonds is 22. The minimum absolute atomic E-state index is 0.183. The molecule has 4 fully saturated rings. The summed E-state index contributed by atoms with van der Waals surface area (Å²) in [6, 6.07) is 21.5. The number of hydrogen-bond donors (Lipinski definition) is 7. The molecular formula is C69H78F2N18O12. The van der Waals surface area contributed by atoms with Gasteiger partial charge in [0.1, 0.15) is 59.0 Å². The van der Waals surface area contributed by atoms with Gasteiger partial charge in [-0.25, -0.2) is 47.3 Å². The molecule has 4 aliphatic heterocycles. The van der Waals surface area contributed by atoms with Crippen LogP contribution < -0.4 is 25.8 Å². The van der Waals surface area contributed by atoms with Gasteiger partial charge >= 0.3 is 24.4 Å². The number of anilines is 2. The molecule has 4 aromatic carbocycles. The Bertz CT molecular complexity index is 4360. The van der Waals surface area contributed by atoms with Gasteiger partial charge in [0, 0.05) is 45.1 Å². The van der Waals surface area contributed by atoms with Gasteiger partial charge in [-0.15, -0.1) is 10.2 Å². The van der Waals surface area contributed by atoms with Crippen LogP contribution in [-0.4, -0.2) is 180 Å². The van der Waals surface area contributed by atoms with Crippen LogP contribution in [0.4, 0.5) is 39.3 Å². The minimum Gasteiger partial charge on any atom is -0.465 e. The van der Waals surface area contributed by atoms with Crippen molar-refractivity contribution >= 4 is 59.4 Å². The number of nitrogens with zero attached hydrogens (tertiary/aromatic N) is 13. The van der Waals surface area contributed by atoms with Crippen molar-refractivity contribution in [1.29, 1.82) is 0 Å². The highest BCUT2D eigenvalue weighted by atomic mass is 19.1.